The summed E-state index contributed by atoms with van der Waals surface area (Å²) in [5.74, 6) is 2.26. The number of rotatable bonds is 2. The first-order valence-corrected chi connectivity index (χ1v) is 5.96. The van der Waals surface area contributed by atoms with Crippen molar-refractivity contribution in [3.05, 3.63) is 17.8 Å². The van der Waals surface area contributed by atoms with Gasteiger partial charge in [0.2, 0.25) is 0 Å². The van der Waals surface area contributed by atoms with Crippen molar-refractivity contribution in [3.8, 4) is 0 Å². The first-order chi connectivity index (χ1) is 7.29. The van der Waals surface area contributed by atoms with Crippen LogP contribution in [0.4, 0.5) is 5.82 Å². The van der Waals surface area contributed by atoms with Crippen molar-refractivity contribution in [2.75, 3.05) is 18.0 Å². The molecule has 0 radical (unpaired) electrons. The van der Waals surface area contributed by atoms with Crippen LogP contribution >= 0.6 is 24.0 Å². The highest BCUT2D eigenvalue weighted by atomic mass is 35.5. The fraction of sp³-hybridized carbons (Fsp3) is 0.636. The lowest BCUT2D eigenvalue weighted by atomic mass is 9.99. The minimum absolute atomic E-state index is 0. The summed E-state index contributed by atoms with van der Waals surface area (Å²) in [7, 11) is 0. The van der Waals surface area contributed by atoms with Crippen molar-refractivity contribution < 1.29 is 0 Å². The fourth-order valence-corrected chi connectivity index (χ4v) is 1.97. The van der Waals surface area contributed by atoms with Gasteiger partial charge in [-0.05, 0) is 30.9 Å². The molecule has 0 unspecified atom stereocenters. The molecule has 1 aliphatic heterocycles. The molecule has 1 aromatic heterocycles. The van der Waals surface area contributed by atoms with Gasteiger partial charge in [0.1, 0.15) is 0 Å². The van der Waals surface area contributed by atoms with Crippen LogP contribution in [0.3, 0.4) is 0 Å². The summed E-state index contributed by atoms with van der Waals surface area (Å²) in [5, 5.41) is 8.26. The number of piperidine rings is 1. The van der Waals surface area contributed by atoms with E-state index in [-0.39, 0.29) is 12.4 Å². The van der Waals surface area contributed by atoms with E-state index in [2.05, 4.69) is 22.0 Å². The molecule has 3 nitrogen and oxygen atoms in total. The van der Waals surface area contributed by atoms with E-state index in [0.29, 0.717) is 5.88 Å². The number of alkyl halides is 1. The molecule has 1 aliphatic rings. The van der Waals surface area contributed by atoms with Gasteiger partial charge in [-0.3, -0.25) is 0 Å². The van der Waals surface area contributed by atoms with Crippen LogP contribution in [0, 0.1) is 5.92 Å². The SMILES string of the molecule is CC1CCN(c2ccc(CCl)nn2)CC1.Cl. The van der Waals surface area contributed by atoms with Crippen LogP contribution in [0.5, 0.6) is 0 Å². The second-order valence-electron chi connectivity index (χ2n) is 4.19. The summed E-state index contributed by atoms with van der Waals surface area (Å²) in [6.07, 6.45) is 2.50. The molecule has 0 aliphatic carbocycles. The van der Waals surface area contributed by atoms with Crippen LogP contribution in [0.1, 0.15) is 25.5 Å². The lowest BCUT2D eigenvalue weighted by Gasteiger charge is -2.30. The van der Waals surface area contributed by atoms with E-state index < -0.39 is 0 Å². The Labute approximate surface area is 108 Å². The molecule has 1 aromatic rings. The molecule has 0 N–H and O–H groups in total. The molecule has 2 heterocycles. The number of nitrogens with zero attached hydrogens (tertiary/aromatic N) is 3. The third kappa shape index (κ3) is 3.22. The summed E-state index contributed by atoms with van der Waals surface area (Å²) in [4.78, 5) is 2.30. The number of aromatic nitrogens is 2. The molecule has 1 saturated heterocycles. The lowest BCUT2D eigenvalue weighted by Crippen LogP contribution is -2.33. The van der Waals surface area contributed by atoms with E-state index in [0.717, 1.165) is 30.5 Å². The molecule has 0 atom stereocenters. The highest BCUT2D eigenvalue weighted by Crippen LogP contribution is 2.20. The fourth-order valence-electron chi connectivity index (χ4n) is 1.83. The Morgan fingerprint density at radius 1 is 1.31 bits per heavy atom. The summed E-state index contributed by atoms with van der Waals surface area (Å²) in [6.45, 7) is 4.49. The summed E-state index contributed by atoms with van der Waals surface area (Å²) < 4.78 is 0. The number of halogens is 2. The van der Waals surface area contributed by atoms with Gasteiger partial charge in [0, 0.05) is 13.1 Å². The first-order valence-electron chi connectivity index (χ1n) is 5.43. The van der Waals surface area contributed by atoms with E-state index in [4.69, 9.17) is 11.6 Å². The predicted octanol–water partition coefficient (Wildman–Crippen LogP) is 2.87. The lowest BCUT2D eigenvalue weighted by molar-refractivity contribution is 0.436. The maximum Gasteiger partial charge on any atom is 0.151 e. The van der Waals surface area contributed by atoms with E-state index in [1.807, 2.05) is 12.1 Å². The molecule has 1 fully saturated rings. The highest BCUT2D eigenvalue weighted by molar-refractivity contribution is 6.16. The van der Waals surface area contributed by atoms with Crippen molar-refractivity contribution in [2.45, 2.75) is 25.6 Å². The Kier molecular flexibility index (Phi) is 5.29. The molecule has 16 heavy (non-hydrogen) atoms. The van der Waals surface area contributed by atoms with Crippen LogP contribution in [-0.2, 0) is 5.88 Å². The maximum absolute atomic E-state index is 5.67. The van der Waals surface area contributed by atoms with Crippen LogP contribution in [-0.4, -0.2) is 23.3 Å². The van der Waals surface area contributed by atoms with Gasteiger partial charge in [0.15, 0.2) is 5.82 Å². The highest BCUT2D eigenvalue weighted by Gasteiger charge is 2.16. The van der Waals surface area contributed by atoms with Crippen molar-refractivity contribution in [2.24, 2.45) is 5.92 Å². The van der Waals surface area contributed by atoms with Gasteiger partial charge < -0.3 is 4.90 Å². The zero-order chi connectivity index (χ0) is 10.7. The molecule has 0 spiro atoms. The summed E-state index contributed by atoms with van der Waals surface area (Å²) in [6, 6.07) is 3.97. The average Bonchev–Trinajstić information content (AvgIpc) is 2.30. The van der Waals surface area contributed by atoms with Crippen molar-refractivity contribution >= 4 is 29.8 Å². The topological polar surface area (TPSA) is 29.0 Å². The second-order valence-corrected chi connectivity index (χ2v) is 4.45. The maximum atomic E-state index is 5.67. The smallest absolute Gasteiger partial charge is 0.151 e. The molecule has 2 rings (SSSR count). The number of hydrogen-bond donors (Lipinski definition) is 0. The van der Waals surface area contributed by atoms with E-state index >= 15 is 0 Å². The van der Waals surface area contributed by atoms with E-state index in [9.17, 15) is 0 Å². The van der Waals surface area contributed by atoms with E-state index in [1.165, 1.54) is 12.8 Å². The van der Waals surface area contributed by atoms with Crippen LogP contribution in [0.15, 0.2) is 12.1 Å². The van der Waals surface area contributed by atoms with Gasteiger partial charge in [0.05, 0.1) is 11.6 Å². The molecule has 0 saturated carbocycles. The third-order valence-electron chi connectivity index (χ3n) is 2.95. The Hall–Kier alpha value is -0.540. The molecule has 0 bridgehead atoms. The zero-order valence-electron chi connectivity index (χ0n) is 9.40. The van der Waals surface area contributed by atoms with Gasteiger partial charge in [-0.25, -0.2) is 0 Å². The summed E-state index contributed by atoms with van der Waals surface area (Å²) >= 11 is 5.67. The van der Waals surface area contributed by atoms with Gasteiger partial charge in [-0.1, -0.05) is 6.92 Å². The molecule has 5 heteroatoms. The minimum Gasteiger partial charge on any atom is -0.355 e. The average molecular weight is 262 g/mol. The normalized spacial score (nSPS) is 17.0. The van der Waals surface area contributed by atoms with Crippen LogP contribution in [0.25, 0.3) is 0 Å². The Balaban J connectivity index is 0.00000128. The molecular formula is C11H17Cl2N3. The Bertz CT molecular complexity index is 308. The van der Waals surface area contributed by atoms with Crippen molar-refractivity contribution in [1.82, 2.24) is 10.2 Å². The molecule has 90 valence electrons. The number of hydrogen-bond acceptors (Lipinski definition) is 3. The van der Waals surface area contributed by atoms with Crippen molar-refractivity contribution in [1.29, 1.82) is 0 Å². The quantitative estimate of drug-likeness (QED) is 0.767. The monoisotopic (exact) mass is 261 g/mol. The van der Waals surface area contributed by atoms with Gasteiger partial charge in [-0.15, -0.1) is 29.1 Å². The largest absolute Gasteiger partial charge is 0.355 e. The van der Waals surface area contributed by atoms with Crippen LogP contribution < -0.4 is 4.90 Å². The third-order valence-corrected chi connectivity index (χ3v) is 3.22. The Morgan fingerprint density at radius 2 is 2.00 bits per heavy atom. The second kappa shape index (κ2) is 6.26. The van der Waals surface area contributed by atoms with Gasteiger partial charge in [0.25, 0.3) is 0 Å². The van der Waals surface area contributed by atoms with Crippen molar-refractivity contribution in [3.63, 3.8) is 0 Å². The Morgan fingerprint density at radius 3 is 2.50 bits per heavy atom. The summed E-state index contributed by atoms with van der Waals surface area (Å²) in [5.41, 5.74) is 0.839. The standard InChI is InChI=1S/C11H16ClN3.ClH/c1-9-4-6-15(7-5-9)11-3-2-10(8-12)13-14-11;/h2-3,9H,4-8H2,1H3;1H. The van der Waals surface area contributed by atoms with Gasteiger partial charge >= 0.3 is 0 Å². The first kappa shape index (κ1) is 13.5. The zero-order valence-corrected chi connectivity index (χ0v) is 11.0. The molecule has 0 aromatic carbocycles. The minimum atomic E-state index is 0. The van der Waals surface area contributed by atoms with Crippen LogP contribution in [0.2, 0.25) is 0 Å². The molecular weight excluding hydrogens is 245 g/mol. The van der Waals surface area contributed by atoms with Gasteiger partial charge in [-0.2, -0.15) is 5.10 Å². The number of anilines is 1. The van der Waals surface area contributed by atoms with E-state index in [1.54, 1.807) is 0 Å². The molecule has 0 amide bonds. The predicted molar refractivity (Wildman–Crippen MR) is 69.4 cm³/mol.